The summed E-state index contributed by atoms with van der Waals surface area (Å²) < 4.78 is 25.7. The number of pyridine rings is 1. The molecular weight excluding hydrogens is 607 g/mol. The third-order valence-corrected chi connectivity index (χ3v) is 11.5. The fourth-order valence-corrected chi connectivity index (χ4v) is 9.62. The molecule has 2 aromatic carbocycles. The van der Waals surface area contributed by atoms with Gasteiger partial charge in [-0.15, -0.1) is 6.42 Å². The molecule has 3 aromatic heterocycles. The van der Waals surface area contributed by atoms with Gasteiger partial charge in [0.05, 0.1) is 22.7 Å². The predicted molar refractivity (Wildman–Crippen MR) is 179 cm³/mol. The highest BCUT2D eigenvalue weighted by atomic mass is 19.1. The predicted octanol–water partition coefficient (Wildman–Crippen LogP) is 4.80. The number of ether oxygens (including phenoxy) is 1. The molecule has 0 aliphatic carbocycles. The monoisotopic (exact) mass is 642 g/mol. The summed E-state index contributed by atoms with van der Waals surface area (Å²) in [5, 5.41) is 20.8. The number of anilines is 1. The number of fused-ring (bicyclic) bond motifs is 9. The van der Waals surface area contributed by atoms with E-state index >= 15 is 4.39 Å². The first-order valence-electron chi connectivity index (χ1n) is 17.0. The van der Waals surface area contributed by atoms with Gasteiger partial charge in [-0.2, -0.15) is 15.1 Å². The van der Waals surface area contributed by atoms with Gasteiger partial charge in [-0.3, -0.25) is 14.6 Å². The Bertz CT molecular complexity index is 2170. The fourth-order valence-electron chi connectivity index (χ4n) is 9.62. The molecule has 5 aliphatic heterocycles. The molecule has 0 saturated carbocycles. The lowest BCUT2D eigenvalue weighted by Gasteiger charge is -2.35. The Balaban J connectivity index is 1.08. The van der Waals surface area contributed by atoms with Crippen LogP contribution in [0.3, 0.4) is 0 Å². The number of hydrogen-bond acceptors (Lipinski definition) is 9. The fraction of sp³-hybridized carbons (Fsp3) is 0.405. The second-order valence-corrected chi connectivity index (χ2v) is 14.3. The van der Waals surface area contributed by atoms with E-state index in [2.05, 4.69) is 41.9 Å². The Morgan fingerprint density at radius 2 is 2.00 bits per heavy atom. The van der Waals surface area contributed by atoms with Crippen molar-refractivity contribution in [1.82, 2.24) is 34.9 Å². The lowest BCUT2D eigenvalue weighted by atomic mass is 9.90. The minimum Gasteiger partial charge on any atom is -0.508 e. The van der Waals surface area contributed by atoms with Gasteiger partial charge < -0.3 is 20.1 Å². The topological polar surface area (TPSA) is 104 Å². The number of phenolic OH excluding ortho intramolecular Hbond substituents is 1. The molecule has 4 saturated heterocycles. The summed E-state index contributed by atoms with van der Waals surface area (Å²) in [6.07, 6.45) is 14.8. The van der Waals surface area contributed by atoms with E-state index in [1.54, 1.807) is 12.3 Å². The van der Waals surface area contributed by atoms with E-state index in [9.17, 15) is 5.11 Å². The maximum atomic E-state index is 17.0. The number of hydrogen-bond donors (Lipinski definition) is 2. The molecule has 11 heteroatoms. The van der Waals surface area contributed by atoms with Crippen LogP contribution in [-0.2, 0) is 6.54 Å². The smallest absolute Gasteiger partial charge is 0.319 e. The Morgan fingerprint density at radius 3 is 2.85 bits per heavy atom. The lowest BCUT2D eigenvalue weighted by molar-refractivity contribution is 0.0834. The van der Waals surface area contributed by atoms with Gasteiger partial charge in [0, 0.05) is 66.5 Å². The van der Waals surface area contributed by atoms with Gasteiger partial charge in [-0.25, -0.2) is 4.39 Å². The molecule has 5 aliphatic rings. The normalized spacial score (nSPS) is 27.4. The van der Waals surface area contributed by atoms with Crippen LogP contribution in [0, 0.1) is 24.1 Å². The molecule has 4 fully saturated rings. The minimum absolute atomic E-state index is 0.00131. The average molecular weight is 643 g/mol. The van der Waals surface area contributed by atoms with Gasteiger partial charge in [0.1, 0.15) is 29.4 Å². The zero-order valence-corrected chi connectivity index (χ0v) is 26.4. The van der Waals surface area contributed by atoms with E-state index in [1.807, 2.05) is 24.4 Å². The summed E-state index contributed by atoms with van der Waals surface area (Å²) in [4.78, 5) is 19.2. The van der Waals surface area contributed by atoms with Crippen LogP contribution in [0.2, 0.25) is 0 Å². The number of aromatic nitrogens is 5. The number of nitrogens with one attached hydrogen (secondary N) is 1. The SMILES string of the molecule is C#Cc1cccc2cc(O)cc(-c3ncc4c(N5CC6CCC(C5)N6)nc(OCC56CCCN5C5c7ccnn7C[C@H]5C6)nc4c3F)c12. The second kappa shape index (κ2) is 10.4. The van der Waals surface area contributed by atoms with Crippen molar-refractivity contribution in [3.63, 3.8) is 0 Å². The molecule has 10 rings (SSSR count). The van der Waals surface area contributed by atoms with Crippen molar-refractivity contribution in [2.24, 2.45) is 5.92 Å². The summed E-state index contributed by atoms with van der Waals surface area (Å²) in [7, 11) is 0. The second-order valence-electron chi connectivity index (χ2n) is 14.3. The first-order valence-corrected chi connectivity index (χ1v) is 17.0. The number of rotatable bonds is 5. The Morgan fingerprint density at radius 1 is 1.12 bits per heavy atom. The van der Waals surface area contributed by atoms with Crippen LogP contribution < -0.4 is 15.0 Å². The van der Waals surface area contributed by atoms with E-state index in [1.165, 1.54) is 11.8 Å². The highest BCUT2D eigenvalue weighted by Gasteiger charge is 2.57. The van der Waals surface area contributed by atoms with E-state index in [0.717, 1.165) is 58.3 Å². The van der Waals surface area contributed by atoms with E-state index < -0.39 is 5.82 Å². The largest absolute Gasteiger partial charge is 0.508 e. The molecule has 2 bridgehead atoms. The summed E-state index contributed by atoms with van der Waals surface area (Å²) in [6, 6.07) is 12.0. The first-order chi connectivity index (χ1) is 23.5. The van der Waals surface area contributed by atoms with Crippen molar-refractivity contribution < 1.29 is 14.2 Å². The number of terminal acetylenes is 1. The summed E-state index contributed by atoms with van der Waals surface area (Å²) >= 11 is 0. The van der Waals surface area contributed by atoms with Gasteiger partial charge >= 0.3 is 6.01 Å². The van der Waals surface area contributed by atoms with Crippen LogP contribution in [0.1, 0.15) is 49.4 Å². The van der Waals surface area contributed by atoms with Crippen molar-refractivity contribution in [2.75, 3.05) is 31.1 Å². The van der Waals surface area contributed by atoms with Gasteiger partial charge in [-0.1, -0.05) is 18.1 Å². The number of aromatic hydroxyl groups is 1. The number of benzene rings is 2. The molecule has 242 valence electrons. The Kier molecular flexibility index (Phi) is 6.09. The van der Waals surface area contributed by atoms with Crippen LogP contribution in [0.25, 0.3) is 32.9 Å². The highest BCUT2D eigenvalue weighted by Crippen LogP contribution is 2.55. The van der Waals surface area contributed by atoms with Crippen LogP contribution in [-0.4, -0.2) is 78.6 Å². The molecule has 10 nitrogen and oxygen atoms in total. The van der Waals surface area contributed by atoms with E-state index in [0.29, 0.717) is 63.8 Å². The van der Waals surface area contributed by atoms with Crippen molar-refractivity contribution >= 4 is 27.5 Å². The number of phenols is 1. The van der Waals surface area contributed by atoms with Crippen LogP contribution in [0.5, 0.6) is 11.8 Å². The van der Waals surface area contributed by atoms with Gasteiger partial charge in [-0.05, 0) is 68.3 Å². The van der Waals surface area contributed by atoms with Gasteiger partial charge in [0.25, 0.3) is 0 Å². The number of halogens is 1. The maximum Gasteiger partial charge on any atom is 0.319 e. The maximum absolute atomic E-state index is 17.0. The van der Waals surface area contributed by atoms with Crippen molar-refractivity contribution in [1.29, 1.82) is 0 Å². The summed E-state index contributed by atoms with van der Waals surface area (Å²) in [5.74, 6) is 3.26. The van der Waals surface area contributed by atoms with Crippen LogP contribution >= 0.6 is 0 Å². The zero-order chi connectivity index (χ0) is 32.1. The Hall–Kier alpha value is -4.79. The molecule has 8 heterocycles. The quantitative estimate of drug-likeness (QED) is 0.262. The average Bonchev–Trinajstić information content (AvgIpc) is 3.90. The molecule has 0 spiro atoms. The first kappa shape index (κ1) is 28.2. The molecule has 5 aromatic rings. The standard InChI is InChI=1S/C37H35FN8O2/c1-2-21-5-3-6-22-13-26(47)14-27(30(21)22)32-31(38)33-28(16-39-32)35(44-18-24-7-8-25(19-44)41-24)43-36(42-33)48-20-37-10-4-12-45(37)34-23(15-37)17-46-29(34)9-11-40-46/h1,3,5-6,9,11,13-14,16,23-25,34,41,47H,4,7-8,10,12,15,17-20H2/t23-,24?,25?,34?,37?/m1/s1. The zero-order valence-electron chi connectivity index (χ0n) is 26.4. The van der Waals surface area contributed by atoms with Gasteiger partial charge in [0.15, 0.2) is 5.82 Å². The molecule has 4 unspecified atom stereocenters. The summed E-state index contributed by atoms with van der Waals surface area (Å²) in [6.45, 7) is 3.92. The van der Waals surface area contributed by atoms with Crippen molar-refractivity contribution in [2.45, 2.75) is 62.3 Å². The van der Waals surface area contributed by atoms with Crippen LogP contribution in [0.15, 0.2) is 48.8 Å². The molecule has 2 N–H and O–H groups in total. The molecule has 0 amide bonds. The highest BCUT2D eigenvalue weighted by molar-refractivity contribution is 6.02. The molecule has 48 heavy (non-hydrogen) atoms. The van der Waals surface area contributed by atoms with E-state index in [-0.39, 0.29) is 28.5 Å². The molecule has 0 radical (unpaired) electrons. The van der Waals surface area contributed by atoms with Crippen molar-refractivity contribution in [3.05, 3.63) is 65.9 Å². The summed E-state index contributed by atoms with van der Waals surface area (Å²) in [5.41, 5.74) is 2.40. The molecular formula is C37H35FN8O2. The molecule has 5 atom stereocenters. The van der Waals surface area contributed by atoms with Gasteiger partial charge in [0.2, 0.25) is 0 Å². The van der Waals surface area contributed by atoms with E-state index in [4.69, 9.17) is 21.1 Å². The van der Waals surface area contributed by atoms with Crippen LogP contribution in [0.4, 0.5) is 10.2 Å². The minimum atomic E-state index is -0.595. The number of nitrogens with zero attached hydrogens (tertiary/aromatic N) is 7. The third kappa shape index (κ3) is 4.12. The lowest BCUT2D eigenvalue weighted by Crippen LogP contribution is -2.51. The van der Waals surface area contributed by atoms with Crippen molar-refractivity contribution in [3.8, 4) is 35.4 Å². The number of piperazine rings is 1. The Labute approximate surface area is 276 Å². The third-order valence-electron chi connectivity index (χ3n) is 11.5.